The number of guanidine groups is 1. The first kappa shape index (κ1) is 24.0. The molecule has 0 aliphatic carbocycles. The Balaban J connectivity index is 0.00000576. The van der Waals surface area contributed by atoms with Crippen molar-refractivity contribution in [3.8, 4) is 5.75 Å². The summed E-state index contributed by atoms with van der Waals surface area (Å²) in [5.41, 5.74) is 0.889. The van der Waals surface area contributed by atoms with Gasteiger partial charge in [-0.3, -0.25) is 0 Å². The summed E-state index contributed by atoms with van der Waals surface area (Å²) >= 11 is 0. The molecular formula is C19H34IN3O2. The summed E-state index contributed by atoms with van der Waals surface area (Å²) in [4.78, 5) is 4.64. The number of methoxy groups -OCH3 is 1. The summed E-state index contributed by atoms with van der Waals surface area (Å²) in [6, 6.07) is 8.11. The smallest absolute Gasteiger partial charge is 0.191 e. The SMILES string of the molecule is CCNC(=NCc1cccc(OCC(C)C)c1)NCC(C)(C)OC.I. The van der Waals surface area contributed by atoms with Crippen molar-refractivity contribution in [2.75, 3.05) is 26.8 Å². The van der Waals surface area contributed by atoms with Gasteiger partial charge in [0, 0.05) is 20.2 Å². The molecule has 2 N–H and O–H groups in total. The minimum absolute atomic E-state index is 0. The Bertz CT molecular complexity index is 519. The van der Waals surface area contributed by atoms with E-state index in [-0.39, 0.29) is 29.6 Å². The third kappa shape index (κ3) is 10.5. The molecule has 0 aliphatic rings. The van der Waals surface area contributed by atoms with Crippen LogP contribution in [0.5, 0.6) is 5.75 Å². The molecular weight excluding hydrogens is 429 g/mol. The lowest BCUT2D eigenvalue weighted by Gasteiger charge is -2.24. The van der Waals surface area contributed by atoms with Gasteiger partial charge < -0.3 is 20.1 Å². The van der Waals surface area contributed by atoms with Gasteiger partial charge >= 0.3 is 0 Å². The molecule has 5 nitrogen and oxygen atoms in total. The summed E-state index contributed by atoms with van der Waals surface area (Å²) in [5, 5.41) is 6.58. The lowest BCUT2D eigenvalue weighted by molar-refractivity contribution is 0.0268. The van der Waals surface area contributed by atoms with Crippen LogP contribution >= 0.6 is 24.0 Å². The van der Waals surface area contributed by atoms with E-state index in [9.17, 15) is 0 Å². The number of rotatable bonds is 9. The zero-order valence-electron chi connectivity index (χ0n) is 16.4. The zero-order chi connectivity index (χ0) is 18.0. The fraction of sp³-hybridized carbons (Fsp3) is 0.632. The van der Waals surface area contributed by atoms with Crippen molar-refractivity contribution in [1.29, 1.82) is 0 Å². The normalized spacial score (nSPS) is 11.9. The van der Waals surface area contributed by atoms with Crippen LogP contribution in [0, 0.1) is 5.92 Å². The van der Waals surface area contributed by atoms with Gasteiger partial charge in [-0.2, -0.15) is 0 Å². The van der Waals surface area contributed by atoms with Crippen molar-refractivity contribution in [2.45, 2.75) is 46.8 Å². The number of hydrogen-bond donors (Lipinski definition) is 2. The van der Waals surface area contributed by atoms with Crippen LogP contribution in [0.3, 0.4) is 0 Å². The number of ether oxygens (including phenoxy) is 2. The Morgan fingerprint density at radius 3 is 2.56 bits per heavy atom. The molecule has 1 rings (SSSR count). The number of nitrogens with zero attached hydrogens (tertiary/aromatic N) is 1. The van der Waals surface area contributed by atoms with Gasteiger partial charge in [-0.1, -0.05) is 26.0 Å². The van der Waals surface area contributed by atoms with Crippen LogP contribution in [0.4, 0.5) is 0 Å². The largest absolute Gasteiger partial charge is 0.493 e. The van der Waals surface area contributed by atoms with Gasteiger partial charge in [0.2, 0.25) is 0 Å². The van der Waals surface area contributed by atoms with Gasteiger partial charge in [0.1, 0.15) is 5.75 Å². The molecule has 0 atom stereocenters. The van der Waals surface area contributed by atoms with E-state index in [2.05, 4.69) is 48.5 Å². The standard InChI is InChI=1S/C19H33N3O2.HI/c1-7-20-18(22-14-19(4,5)23-6)21-12-16-9-8-10-17(11-16)24-13-15(2)3;/h8-11,15H,7,12-14H2,1-6H3,(H2,20,21,22);1H. The number of aliphatic imine (C=N–C) groups is 1. The maximum absolute atomic E-state index is 5.77. The fourth-order valence-electron chi connectivity index (χ4n) is 1.88. The van der Waals surface area contributed by atoms with E-state index in [1.807, 2.05) is 26.0 Å². The van der Waals surface area contributed by atoms with Gasteiger partial charge in [0.25, 0.3) is 0 Å². The van der Waals surface area contributed by atoms with Gasteiger partial charge in [0.05, 0.1) is 18.8 Å². The van der Waals surface area contributed by atoms with Crippen LogP contribution < -0.4 is 15.4 Å². The first-order valence-electron chi connectivity index (χ1n) is 8.65. The van der Waals surface area contributed by atoms with Gasteiger partial charge in [-0.15, -0.1) is 24.0 Å². The zero-order valence-corrected chi connectivity index (χ0v) is 18.7. The molecule has 144 valence electrons. The molecule has 1 aromatic rings. The second kappa shape index (κ2) is 12.4. The number of halogens is 1. The fourth-order valence-corrected chi connectivity index (χ4v) is 1.88. The van der Waals surface area contributed by atoms with E-state index in [4.69, 9.17) is 9.47 Å². The first-order chi connectivity index (χ1) is 11.4. The van der Waals surface area contributed by atoms with E-state index in [1.54, 1.807) is 7.11 Å². The molecule has 0 saturated heterocycles. The summed E-state index contributed by atoms with van der Waals surface area (Å²) in [7, 11) is 1.72. The average Bonchev–Trinajstić information content (AvgIpc) is 2.56. The maximum atomic E-state index is 5.77. The Hall–Kier alpha value is -1.02. The third-order valence-corrected chi connectivity index (χ3v) is 3.48. The molecule has 0 aliphatic heterocycles. The Morgan fingerprint density at radius 1 is 1.24 bits per heavy atom. The lowest BCUT2D eigenvalue weighted by Crippen LogP contribution is -2.45. The summed E-state index contributed by atoms with van der Waals surface area (Å²) in [5.74, 6) is 2.20. The van der Waals surface area contributed by atoms with Crippen molar-refractivity contribution in [3.05, 3.63) is 29.8 Å². The molecule has 0 saturated carbocycles. The van der Waals surface area contributed by atoms with Gasteiger partial charge in [-0.05, 0) is 44.4 Å². The van der Waals surface area contributed by atoms with E-state index in [0.717, 1.165) is 30.4 Å². The van der Waals surface area contributed by atoms with Crippen LogP contribution in [0.25, 0.3) is 0 Å². The Kier molecular flexibility index (Phi) is 11.8. The minimum Gasteiger partial charge on any atom is -0.493 e. The molecule has 25 heavy (non-hydrogen) atoms. The molecule has 0 aromatic heterocycles. The number of nitrogens with one attached hydrogen (secondary N) is 2. The Labute approximate surface area is 170 Å². The Morgan fingerprint density at radius 2 is 1.96 bits per heavy atom. The summed E-state index contributed by atoms with van der Waals surface area (Å²) < 4.78 is 11.2. The maximum Gasteiger partial charge on any atom is 0.191 e. The predicted octanol–water partition coefficient (Wildman–Crippen LogP) is 3.82. The lowest BCUT2D eigenvalue weighted by atomic mass is 10.1. The molecule has 0 unspecified atom stereocenters. The molecule has 0 radical (unpaired) electrons. The van der Waals surface area contributed by atoms with Crippen molar-refractivity contribution in [1.82, 2.24) is 10.6 Å². The van der Waals surface area contributed by atoms with Crippen molar-refractivity contribution in [2.24, 2.45) is 10.9 Å². The highest BCUT2D eigenvalue weighted by molar-refractivity contribution is 14.0. The van der Waals surface area contributed by atoms with Crippen LogP contribution in [0.1, 0.15) is 40.2 Å². The van der Waals surface area contributed by atoms with E-state index in [1.165, 1.54) is 0 Å². The second-order valence-corrected chi connectivity index (χ2v) is 6.86. The van der Waals surface area contributed by atoms with Crippen LogP contribution in [-0.2, 0) is 11.3 Å². The second-order valence-electron chi connectivity index (χ2n) is 6.86. The van der Waals surface area contributed by atoms with E-state index >= 15 is 0 Å². The molecule has 0 spiro atoms. The van der Waals surface area contributed by atoms with Gasteiger partial charge in [-0.25, -0.2) is 4.99 Å². The van der Waals surface area contributed by atoms with Crippen LogP contribution in [0.2, 0.25) is 0 Å². The topological polar surface area (TPSA) is 54.9 Å². The third-order valence-electron chi connectivity index (χ3n) is 3.48. The quantitative estimate of drug-likeness (QED) is 0.332. The number of benzene rings is 1. The van der Waals surface area contributed by atoms with Crippen molar-refractivity contribution in [3.63, 3.8) is 0 Å². The van der Waals surface area contributed by atoms with Crippen molar-refractivity contribution < 1.29 is 9.47 Å². The summed E-state index contributed by atoms with van der Waals surface area (Å²) in [6.07, 6.45) is 0. The molecule has 0 fully saturated rings. The summed E-state index contributed by atoms with van der Waals surface area (Å²) in [6.45, 7) is 13.2. The molecule has 6 heteroatoms. The van der Waals surface area contributed by atoms with Crippen molar-refractivity contribution >= 4 is 29.9 Å². The first-order valence-corrected chi connectivity index (χ1v) is 8.65. The van der Waals surface area contributed by atoms with Crippen LogP contribution in [-0.4, -0.2) is 38.4 Å². The van der Waals surface area contributed by atoms with Crippen LogP contribution in [0.15, 0.2) is 29.3 Å². The highest BCUT2D eigenvalue weighted by Crippen LogP contribution is 2.15. The van der Waals surface area contributed by atoms with E-state index < -0.39 is 0 Å². The average molecular weight is 463 g/mol. The predicted molar refractivity (Wildman–Crippen MR) is 116 cm³/mol. The van der Waals surface area contributed by atoms with Gasteiger partial charge in [0.15, 0.2) is 5.96 Å². The molecule has 0 heterocycles. The highest BCUT2D eigenvalue weighted by Gasteiger charge is 2.16. The monoisotopic (exact) mass is 463 g/mol. The number of hydrogen-bond acceptors (Lipinski definition) is 3. The molecule has 0 bridgehead atoms. The molecule has 0 amide bonds. The van der Waals surface area contributed by atoms with E-state index in [0.29, 0.717) is 19.0 Å². The highest BCUT2D eigenvalue weighted by atomic mass is 127. The minimum atomic E-state index is -0.235. The molecule has 1 aromatic carbocycles.